The molecule has 0 aromatic heterocycles. The van der Waals surface area contributed by atoms with Crippen LogP contribution in [0.15, 0.2) is 42.5 Å². The van der Waals surface area contributed by atoms with Crippen molar-refractivity contribution in [3.05, 3.63) is 64.2 Å². The number of halogens is 1. The van der Waals surface area contributed by atoms with Crippen molar-refractivity contribution >= 4 is 11.6 Å². The van der Waals surface area contributed by atoms with Gasteiger partial charge in [0.05, 0.1) is 6.61 Å². The highest BCUT2D eigenvalue weighted by Crippen LogP contribution is 2.35. The molecule has 0 bridgehead atoms. The highest BCUT2D eigenvalue weighted by molar-refractivity contribution is 6.30. The summed E-state index contributed by atoms with van der Waals surface area (Å²) in [6.45, 7) is 2.92. The largest absolute Gasteiger partial charge is 0.493 e. The molecule has 0 heterocycles. The summed E-state index contributed by atoms with van der Waals surface area (Å²) in [5.74, 6) is 1.72. The van der Waals surface area contributed by atoms with Gasteiger partial charge in [0.25, 0.3) is 0 Å². The molecule has 0 aliphatic heterocycles. The van der Waals surface area contributed by atoms with Crippen molar-refractivity contribution in [3.63, 3.8) is 0 Å². The molecule has 0 spiro atoms. The van der Waals surface area contributed by atoms with Crippen molar-refractivity contribution in [2.75, 3.05) is 6.61 Å². The summed E-state index contributed by atoms with van der Waals surface area (Å²) >= 11 is 6.39. The molecular formula is C21H26ClNO. The Morgan fingerprint density at radius 3 is 2.54 bits per heavy atom. The van der Waals surface area contributed by atoms with Gasteiger partial charge in [0.2, 0.25) is 0 Å². The molecule has 1 fully saturated rings. The number of ether oxygens (including phenoxy) is 1. The minimum atomic E-state index is 0.135. The molecule has 0 amide bonds. The van der Waals surface area contributed by atoms with Gasteiger partial charge in [-0.05, 0) is 54.9 Å². The van der Waals surface area contributed by atoms with Crippen LogP contribution in [0.3, 0.4) is 0 Å². The Bertz CT molecular complexity index is 667. The monoisotopic (exact) mass is 343 g/mol. The van der Waals surface area contributed by atoms with E-state index >= 15 is 0 Å². The van der Waals surface area contributed by atoms with Crippen molar-refractivity contribution in [1.82, 2.24) is 0 Å². The van der Waals surface area contributed by atoms with Gasteiger partial charge < -0.3 is 10.5 Å². The van der Waals surface area contributed by atoms with Gasteiger partial charge >= 0.3 is 0 Å². The molecule has 128 valence electrons. The highest BCUT2D eigenvalue weighted by atomic mass is 35.5. The SMILES string of the molecule is CCC(N)Cc1cc(Cl)cc(Cc2ccccc2)c1OCC1CC1. The molecule has 2 nitrogen and oxygen atoms in total. The van der Waals surface area contributed by atoms with E-state index in [2.05, 4.69) is 31.2 Å². The Morgan fingerprint density at radius 2 is 1.88 bits per heavy atom. The van der Waals surface area contributed by atoms with Crippen LogP contribution in [0.4, 0.5) is 0 Å². The lowest BCUT2D eigenvalue weighted by Gasteiger charge is -2.19. The summed E-state index contributed by atoms with van der Waals surface area (Å²) < 4.78 is 6.25. The van der Waals surface area contributed by atoms with Crippen LogP contribution in [-0.2, 0) is 12.8 Å². The third-order valence-corrected chi connectivity index (χ3v) is 4.83. The van der Waals surface area contributed by atoms with E-state index in [9.17, 15) is 0 Å². The van der Waals surface area contributed by atoms with Crippen LogP contribution in [-0.4, -0.2) is 12.6 Å². The third kappa shape index (κ3) is 4.75. The molecule has 3 heteroatoms. The Kier molecular flexibility index (Phi) is 5.80. The Morgan fingerprint density at radius 1 is 1.17 bits per heavy atom. The minimum absolute atomic E-state index is 0.135. The Balaban J connectivity index is 1.90. The number of hydrogen-bond acceptors (Lipinski definition) is 2. The normalized spacial score (nSPS) is 15.3. The minimum Gasteiger partial charge on any atom is -0.493 e. The van der Waals surface area contributed by atoms with Crippen molar-refractivity contribution in [1.29, 1.82) is 0 Å². The van der Waals surface area contributed by atoms with Crippen LogP contribution in [0.1, 0.15) is 42.9 Å². The van der Waals surface area contributed by atoms with Gasteiger partial charge in [-0.25, -0.2) is 0 Å². The fourth-order valence-electron chi connectivity index (χ4n) is 2.91. The predicted octanol–water partition coefficient (Wildman–Crippen LogP) is 5.00. The fourth-order valence-corrected chi connectivity index (χ4v) is 3.17. The molecule has 2 aromatic carbocycles. The second-order valence-corrected chi connectivity index (χ2v) is 7.28. The van der Waals surface area contributed by atoms with Gasteiger partial charge in [-0.15, -0.1) is 0 Å². The van der Waals surface area contributed by atoms with E-state index in [-0.39, 0.29) is 6.04 Å². The average Bonchev–Trinajstić information content (AvgIpc) is 3.39. The van der Waals surface area contributed by atoms with Gasteiger partial charge in [0.1, 0.15) is 5.75 Å². The van der Waals surface area contributed by atoms with Gasteiger partial charge in [-0.1, -0.05) is 48.9 Å². The molecule has 3 rings (SSSR count). The number of benzene rings is 2. The van der Waals surface area contributed by atoms with E-state index in [1.807, 2.05) is 18.2 Å². The predicted molar refractivity (Wildman–Crippen MR) is 101 cm³/mol. The van der Waals surface area contributed by atoms with Crippen LogP contribution in [0.5, 0.6) is 5.75 Å². The first-order valence-electron chi connectivity index (χ1n) is 8.89. The van der Waals surface area contributed by atoms with Crippen molar-refractivity contribution in [2.24, 2.45) is 11.7 Å². The quantitative estimate of drug-likeness (QED) is 0.732. The summed E-state index contributed by atoms with van der Waals surface area (Å²) in [4.78, 5) is 0. The Labute approximate surface area is 150 Å². The van der Waals surface area contributed by atoms with Crippen molar-refractivity contribution < 1.29 is 4.74 Å². The molecule has 1 saturated carbocycles. The lowest BCUT2D eigenvalue weighted by molar-refractivity contribution is 0.293. The third-order valence-electron chi connectivity index (χ3n) is 4.61. The maximum atomic E-state index is 6.39. The summed E-state index contributed by atoms with van der Waals surface area (Å²) in [6.07, 6.45) is 5.15. The van der Waals surface area contributed by atoms with Gasteiger partial charge in [0.15, 0.2) is 0 Å². The first kappa shape index (κ1) is 17.3. The molecule has 24 heavy (non-hydrogen) atoms. The smallest absolute Gasteiger partial charge is 0.126 e. The van der Waals surface area contributed by atoms with E-state index in [0.717, 1.165) is 53.7 Å². The zero-order chi connectivity index (χ0) is 16.9. The molecule has 0 saturated heterocycles. The van der Waals surface area contributed by atoms with E-state index in [1.54, 1.807) is 0 Å². The second kappa shape index (κ2) is 8.04. The molecule has 1 aliphatic carbocycles. The van der Waals surface area contributed by atoms with Crippen molar-refractivity contribution in [2.45, 2.75) is 45.1 Å². The second-order valence-electron chi connectivity index (χ2n) is 6.84. The molecular weight excluding hydrogens is 318 g/mol. The number of hydrogen-bond donors (Lipinski definition) is 1. The molecule has 2 N–H and O–H groups in total. The lowest BCUT2D eigenvalue weighted by atomic mass is 9.97. The van der Waals surface area contributed by atoms with Crippen LogP contribution < -0.4 is 10.5 Å². The van der Waals surface area contributed by atoms with Crippen LogP contribution in [0.2, 0.25) is 5.02 Å². The van der Waals surface area contributed by atoms with Crippen LogP contribution in [0.25, 0.3) is 0 Å². The molecule has 0 radical (unpaired) electrons. The topological polar surface area (TPSA) is 35.2 Å². The van der Waals surface area contributed by atoms with Crippen LogP contribution in [0, 0.1) is 5.92 Å². The lowest BCUT2D eigenvalue weighted by Crippen LogP contribution is -2.22. The summed E-state index contributed by atoms with van der Waals surface area (Å²) in [5, 5.41) is 0.762. The average molecular weight is 344 g/mol. The molecule has 2 aromatic rings. The van der Waals surface area contributed by atoms with E-state index in [4.69, 9.17) is 22.1 Å². The van der Waals surface area contributed by atoms with E-state index in [0.29, 0.717) is 0 Å². The van der Waals surface area contributed by atoms with Crippen molar-refractivity contribution in [3.8, 4) is 5.75 Å². The standard InChI is InChI=1S/C21H26ClNO/c1-2-20(23)13-18-12-19(22)11-17(10-15-6-4-3-5-7-15)21(18)24-14-16-8-9-16/h3-7,11-12,16,20H,2,8-10,13-14,23H2,1H3. The summed E-state index contributed by atoms with van der Waals surface area (Å²) in [5.41, 5.74) is 9.76. The molecule has 1 atom stereocenters. The zero-order valence-electron chi connectivity index (χ0n) is 14.3. The van der Waals surface area contributed by atoms with Gasteiger partial charge in [0, 0.05) is 23.0 Å². The Hall–Kier alpha value is -1.51. The highest BCUT2D eigenvalue weighted by Gasteiger charge is 2.23. The maximum absolute atomic E-state index is 6.39. The van der Waals surface area contributed by atoms with E-state index < -0.39 is 0 Å². The first-order chi connectivity index (χ1) is 11.7. The summed E-state index contributed by atoms with van der Waals surface area (Å²) in [7, 11) is 0. The molecule has 1 aliphatic rings. The fraction of sp³-hybridized carbons (Fsp3) is 0.429. The zero-order valence-corrected chi connectivity index (χ0v) is 15.1. The van der Waals surface area contributed by atoms with E-state index in [1.165, 1.54) is 18.4 Å². The molecule has 1 unspecified atom stereocenters. The van der Waals surface area contributed by atoms with Gasteiger partial charge in [-0.3, -0.25) is 0 Å². The number of nitrogens with two attached hydrogens (primary N) is 1. The number of rotatable bonds is 8. The first-order valence-corrected chi connectivity index (χ1v) is 9.27. The van der Waals surface area contributed by atoms with Crippen LogP contribution >= 0.6 is 11.6 Å². The summed E-state index contributed by atoms with van der Waals surface area (Å²) in [6, 6.07) is 14.7. The van der Waals surface area contributed by atoms with Gasteiger partial charge in [-0.2, -0.15) is 0 Å². The maximum Gasteiger partial charge on any atom is 0.126 e.